The van der Waals surface area contributed by atoms with Crippen molar-refractivity contribution < 1.29 is 9.18 Å². The maximum atomic E-state index is 13.1. The lowest BCUT2D eigenvalue weighted by atomic mass is 9.96. The number of anilines is 1. The van der Waals surface area contributed by atoms with E-state index >= 15 is 0 Å². The van der Waals surface area contributed by atoms with Crippen molar-refractivity contribution in [2.75, 3.05) is 5.32 Å². The predicted octanol–water partition coefficient (Wildman–Crippen LogP) is 4.80. The SMILES string of the molecule is O=C(Nc1cccc(Cl)c1)NC1CC2CCC(C1)N2Cc1ccc(F)cc1. The maximum Gasteiger partial charge on any atom is 0.319 e. The maximum absolute atomic E-state index is 13.1. The molecular weight excluding hydrogens is 365 g/mol. The van der Waals surface area contributed by atoms with Crippen molar-refractivity contribution in [3.8, 4) is 0 Å². The molecule has 6 heteroatoms. The molecule has 2 unspecified atom stereocenters. The summed E-state index contributed by atoms with van der Waals surface area (Å²) in [6.07, 6.45) is 4.20. The lowest BCUT2D eigenvalue weighted by Crippen LogP contribution is -2.50. The van der Waals surface area contributed by atoms with Crippen molar-refractivity contribution in [1.29, 1.82) is 0 Å². The number of benzene rings is 2. The van der Waals surface area contributed by atoms with Crippen LogP contribution >= 0.6 is 11.6 Å². The fraction of sp³-hybridized carbons (Fsp3) is 0.381. The molecule has 2 aromatic carbocycles. The Morgan fingerprint density at radius 2 is 1.81 bits per heavy atom. The average molecular weight is 388 g/mol. The van der Waals surface area contributed by atoms with Gasteiger partial charge in [0, 0.05) is 35.4 Å². The lowest BCUT2D eigenvalue weighted by molar-refractivity contribution is 0.112. The lowest BCUT2D eigenvalue weighted by Gasteiger charge is -2.39. The topological polar surface area (TPSA) is 44.4 Å². The highest BCUT2D eigenvalue weighted by Crippen LogP contribution is 2.36. The molecule has 4 nitrogen and oxygen atoms in total. The van der Waals surface area contributed by atoms with Crippen LogP contribution in [0, 0.1) is 5.82 Å². The van der Waals surface area contributed by atoms with Gasteiger partial charge >= 0.3 is 6.03 Å². The molecule has 2 aliphatic rings. The first-order valence-corrected chi connectivity index (χ1v) is 9.78. The van der Waals surface area contributed by atoms with Crippen LogP contribution in [0.1, 0.15) is 31.2 Å². The van der Waals surface area contributed by atoms with Gasteiger partial charge in [-0.25, -0.2) is 9.18 Å². The van der Waals surface area contributed by atoms with Gasteiger partial charge in [-0.05, 0) is 61.6 Å². The number of hydrogen-bond acceptors (Lipinski definition) is 2. The number of fused-ring (bicyclic) bond motifs is 2. The number of carbonyl (C=O) groups excluding carboxylic acids is 1. The zero-order valence-electron chi connectivity index (χ0n) is 15.0. The summed E-state index contributed by atoms with van der Waals surface area (Å²) >= 11 is 5.96. The van der Waals surface area contributed by atoms with Crippen LogP contribution in [-0.2, 0) is 6.54 Å². The normalized spacial score (nSPS) is 24.6. The Morgan fingerprint density at radius 1 is 1.11 bits per heavy atom. The van der Waals surface area contributed by atoms with E-state index in [2.05, 4.69) is 15.5 Å². The number of nitrogens with one attached hydrogen (secondary N) is 2. The first kappa shape index (κ1) is 18.3. The molecule has 0 aromatic heterocycles. The summed E-state index contributed by atoms with van der Waals surface area (Å²) in [5.41, 5.74) is 1.83. The van der Waals surface area contributed by atoms with E-state index in [-0.39, 0.29) is 17.9 Å². The Morgan fingerprint density at radius 3 is 2.48 bits per heavy atom. The van der Waals surface area contributed by atoms with E-state index in [1.165, 1.54) is 12.1 Å². The molecule has 2 fully saturated rings. The Kier molecular flexibility index (Phi) is 5.32. The van der Waals surface area contributed by atoms with Gasteiger partial charge in [0.2, 0.25) is 0 Å². The molecule has 2 aromatic rings. The van der Waals surface area contributed by atoms with E-state index < -0.39 is 0 Å². The average Bonchev–Trinajstić information content (AvgIpc) is 2.86. The van der Waals surface area contributed by atoms with Crippen molar-refractivity contribution in [1.82, 2.24) is 10.2 Å². The molecule has 4 rings (SSSR count). The van der Waals surface area contributed by atoms with Gasteiger partial charge in [-0.2, -0.15) is 0 Å². The van der Waals surface area contributed by atoms with E-state index in [1.807, 2.05) is 24.3 Å². The van der Waals surface area contributed by atoms with Gasteiger partial charge in [0.1, 0.15) is 5.82 Å². The largest absolute Gasteiger partial charge is 0.335 e. The van der Waals surface area contributed by atoms with E-state index in [0.29, 0.717) is 22.8 Å². The molecule has 0 saturated carbocycles. The first-order chi connectivity index (χ1) is 13.1. The molecule has 0 aliphatic carbocycles. The third-order valence-electron chi connectivity index (χ3n) is 5.58. The Hall–Kier alpha value is -2.11. The Bertz CT molecular complexity index is 799. The Labute approximate surface area is 163 Å². The van der Waals surface area contributed by atoms with Gasteiger partial charge in [-0.15, -0.1) is 0 Å². The zero-order chi connectivity index (χ0) is 18.8. The molecular formula is C21H23ClFN3O. The summed E-state index contributed by atoms with van der Waals surface area (Å²) in [6, 6.07) is 14.8. The minimum absolute atomic E-state index is 0.172. The predicted molar refractivity (Wildman–Crippen MR) is 105 cm³/mol. The minimum atomic E-state index is -0.199. The number of hydrogen-bond donors (Lipinski definition) is 2. The highest BCUT2D eigenvalue weighted by atomic mass is 35.5. The Balaban J connectivity index is 1.33. The summed E-state index contributed by atoms with van der Waals surface area (Å²) < 4.78 is 13.1. The molecule has 2 saturated heterocycles. The van der Waals surface area contributed by atoms with E-state index in [4.69, 9.17) is 11.6 Å². The van der Waals surface area contributed by atoms with Crippen molar-refractivity contribution in [3.05, 3.63) is 64.9 Å². The van der Waals surface area contributed by atoms with Gasteiger partial charge in [0.05, 0.1) is 0 Å². The molecule has 27 heavy (non-hydrogen) atoms. The van der Waals surface area contributed by atoms with Crippen LogP contribution < -0.4 is 10.6 Å². The summed E-state index contributed by atoms with van der Waals surface area (Å²) in [4.78, 5) is 14.8. The number of halogens is 2. The second-order valence-corrected chi connectivity index (χ2v) is 7.90. The number of carbonyl (C=O) groups is 1. The molecule has 2 amide bonds. The van der Waals surface area contributed by atoms with Crippen molar-refractivity contribution in [3.63, 3.8) is 0 Å². The smallest absolute Gasteiger partial charge is 0.319 e. The highest BCUT2D eigenvalue weighted by Gasteiger charge is 2.40. The third-order valence-corrected chi connectivity index (χ3v) is 5.82. The standard InChI is InChI=1S/C21H23ClFN3O/c22-15-2-1-3-17(10-15)24-21(27)25-18-11-19-8-9-20(12-18)26(19)13-14-4-6-16(23)7-5-14/h1-7,10,18-20H,8-9,11-13H2,(H2,24,25,27). The first-order valence-electron chi connectivity index (χ1n) is 9.40. The van der Waals surface area contributed by atoms with Gasteiger partial charge < -0.3 is 10.6 Å². The number of urea groups is 1. The molecule has 2 bridgehead atoms. The molecule has 0 radical (unpaired) electrons. The van der Waals surface area contributed by atoms with Gasteiger partial charge in [-0.1, -0.05) is 29.8 Å². The van der Waals surface area contributed by atoms with Crippen LogP contribution in [0.15, 0.2) is 48.5 Å². The quantitative estimate of drug-likeness (QED) is 0.791. The van der Waals surface area contributed by atoms with Crippen molar-refractivity contribution >= 4 is 23.3 Å². The second-order valence-electron chi connectivity index (χ2n) is 7.46. The fourth-order valence-corrected chi connectivity index (χ4v) is 4.56. The number of piperidine rings is 1. The van der Waals surface area contributed by atoms with Gasteiger partial charge in [0.15, 0.2) is 0 Å². The summed E-state index contributed by atoms with van der Waals surface area (Å²) in [5.74, 6) is -0.199. The van der Waals surface area contributed by atoms with Crippen LogP contribution in [0.4, 0.5) is 14.9 Å². The molecule has 2 N–H and O–H groups in total. The van der Waals surface area contributed by atoms with Crippen molar-refractivity contribution in [2.45, 2.75) is 50.4 Å². The van der Waals surface area contributed by atoms with Gasteiger partial charge in [0.25, 0.3) is 0 Å². The highest BCUT2D eigenvalue weighted by molar-refractivity contribution is 6.30. The molecule has 2 atom stereocenters. The molecule has 142 valence electrons. The number of nitrogens with zero attached hydrogens (tertiary/aromatic N) is 1. The monoisotopic (exact) mass is 387 g/mol. The summed E-state index contributed by atoms with van der Waals surface area (Å²) in [5, 5.41) is 6.56. The van der Waals surface area contributed by atoms with Crippen LogP contribution in [0.5, 0.6) is 0 Å². The van der Waals surface area contributed by atoms with E-state index in [1.54, 1.807) is 12.1 Å². The van der Waals surface area contributed by atoms with Crippen molar-refractivity contribution in [2.24, 2.45) is 0 Å². The zero-order valence-corrected chi connectivity index (χ0v) is 15.8. The molecule has 2 aliphatic heterocycles. The van der Waals surface area contributed by atoms with Gasteiger partial charge in [-0.3, -0.25) is 4.90 Å². The molecule has 2 heterocycles. The minimum Gasteiger partial charge on any atom is -0.335 e. The third kappa shape index (κ3) is 4.42. The number of rotatable bonds is 4. The number of amides is 2. The van der Waals surface area contributed by atoms with Crippen LogP contribution in [0.25, 0.3) is 0 Å². The van der Waals surface area contributed by atoms with Crippen LogP contribution in [0.3, 0.4) is 0 Å². The fourth-order valence-electron chi connectivity index (χ4n) is 4.37. The molecule has 0 spiro atoms. The summed E-state index contributed by atoms with van der Waals surface area (Å²) in [7, 11) is 0. The van der Waals surface area contributed by atoms with E-state index in [0.717, 1.165) is 37.8 Å². The summed E-state index contributed by atoms with van der Waals surface area (Å²) in [6.45, 7) is 0.844. The van der Waals surface area contributed by atoms with Crippen LogP contribution in [0.2, 0.25) is 5.02 Å². The van der Waals surface area contributed by atoms with E-state index in [9.17, 15) is 9.18 Å². The second kappa shape index (κ2) is 7.87. The van der Waals surface area contributed by atoms with Crippen LogP contribution in [-0.4, -0.2) is 29.1 Å².